The third-order valence-corrected chi connectivity index (χ3v) is 2.68. The summed E-state index contributed by atoms with van der Waals surface area (Å²) in [5.41, 5.74) is 3.24. The van der Waals surface area contributed by atoms with E-state index in [0.717, 1.165) is 11.3 Å². The minimum Gasteiger partial charge on any atom is -0.385 e. The molecule has 0 aromatic heterocycles. The summed E-state index contributed by atoms with van der Waals surface area (Å²) in [5.74, 6) is -0.273. The summed E-state index contributed by atoms with van der Waals surface area (Å²) < 4.78 is 13.5. The zero-order valence-electron chi connectivity index (χ0n) is 10.4. The molecule has 18 heavy (non-hydrogen) atoms. The molecule has 0 saturated heterocycles. The smallest absolute Gasteiger partial charge is 0.146 e. The first-order valence-electron chi connectivity index (χ1n) is 5.77. The summed E-state index contributed by atoms with van der Waals surface area (Å²) in [6.45, 7) is 2.03. The lowest BCUT2D eigenvalue weighted by Gasteiger charge is -2.05. The maximum atomic E-state index is 13.5. The van der Waals surface area contributed by atoms with E-state index in [2.05, 4.69) is 10.3 Å². The number of para-hydroxylation sites is 1. The zero-order chi connectivity index (χ0) is 13.0. The van der Waals surface area contributed by atoms with Gasteiger partial charge in [0.05, 0.1) is 11.4 Å². The highest BCUT2D eigenvalue weighted by Gasteiger charge is 2.03. The highest BCUT2D eigenvalue weighted by Crippen LogP contribution is 2.19. The Kier molecular flexibility index (Phi) is 3.72. The molecule has 3 heteroatoms. The third-order valence-electron chi connectivity index (χ3n) is 2.68. The van der Waals surface area contributed by atoms with Gasteiger partial charge in [0.25, 0.3) is 0 Å². The second-order valence-corrected chi connectivity index (χ2v) is 4.05. The molecule has 0 aliphatic rings. The zero-order valence-corrected chi connectivity index (χ0v) is 10.4. The average Bonchev–Trinajstić information content (AvgIpc) is 2.38. The van der Waals surface area contributed by atoms with Gasteiger partial charge in [0, 0.05) is 18.8 Å². The van der Waals surface area contributed by atoms with Crippen molar-refractivity contribution in [2.75, 3.05) is 12.4 Å². The van der Waals surface area contributed by atoms with Crippen LogP contribution in [0.1, 0.15) is 11.1 Å². The molecular formula is C15H15FN2. The molecule has 0 atom stereocenters. The number of nitrogens with zero attached hydrogens (tertiary/aromatic N) is 1. The van der Waals surface area contributed by atoms with Gasteiger partial charge >= 0.3 is 0 Å². The average molecular weight is 242 g/mol. The quantitative estimate of drug-likeness (QED) is 0.810. The predicted octanol–water partition coefficient (Wildman–Crippen LogP) is 3.93. The molecule has 2 rings (SSSR count). The molecule has 0 saturated carbocycles. The van der Waals surface area contributed by atoms with Crippen LogP contribution in [0.5, 0.6) is 0 Å². The Hall–Kier alpha value is -2.16. The van der Waals surface area contributed by atoms with E-state index in [9.17, 15) is 4.39 Å². The van der Waals surface area contributed by atoms with Crippen molar-refractivity contribution in [2.24, 2.45) is 4.99 Å². The van der Waals surface area contributed by atoms with E-state index in [0.29, 0.717) is 5.69 Å². The van der Waals surface area contributed by atoms with Crippen molar-refractivity contribution in [2.45, 2.75) is 6.92 Å². The number of rotatable bonds is 3. The summed E-state index contributed by atoms with van der Waals surface area (Å²) in [5, 5.41) is 2.84. The molecule has 2 aromatic rings. The molecule has 2 nitrogen and oxygen atoms in total. The van der Waals surface area contributed by atoms with Crippen molar-refractivity contribution in [1.29, 1.82) is 0 Å². The summed E-state index contributed by atoms with van der Waals surface area (Å²) in [7, 11) is 1.70. The van der Waals surface area contributed by atoms with Crippen LogP contribution in [-0.2, 0) is 0 Å². The van der Waals surface area contributed by atoms with Crippen LogP contribution in [0.15, 0.2) is 47.5 Å². The Balaban J connectivity index is 2.28. The van der Waals surface area contributed by atoms with Crippen LogP contribution < -0.4 is 5.32 Å². The monoisotopic (exact) mass is 242 g/mol. The molecular weight excluding hydrogens is 227 g/mol. The second kappa shape index (κ2) is 5.45. The summed E-state index contributed by atoms with van der Waals surface area (Å²) in [6, 6.07) is 12.8. The van der Waals surface area contributed by atoms with E-state index < -0.39 is 0 Å². The van der Waals surface area contributed by atoms with Crippen LogP contribution in [0.4, 0.5) is 15.8 Å². The van der Waals surface area contributed by atoms with Crippen LogP contribution in [0.2, 0.25) is 0 Å². The van der Waals surface area contributed by atoms with Crippen LogP contribution in [0, 0.1) is 12.7 Å². The molecule has 0 unspecified atom stereocenters. The number of aliphatic imine (C=N–C) groups is 1. The van der Waals surface area contributed by atoms with Crippen LogP contribution in [0.25, 0.3) is 0 Å². The van der Waals surface area contributed by atoms with Crippen LogP contribution in [-0.4, -0.2) is 13.3 Å². The van der Waals surface area contributed by atoms with Crippen molar-refractivity contribution >= 4 is 17.6 Å². The Morgan fingerprint density at radius 2 is 1.83 bits per heavy atom. The summed E-state index contributed by atoms with van der Waals surface area (Å²) in [4.78, 5) is 4.34. The Bertz CT molecular complexity index is 559. The van der Waals surface area contributed by atoms with Crippen LogP contribution >= 0.6 is 0 Å². The molecule has 2 aromatic carbocycles. The molecule has 0 bridgehead atoms. The van der Waals surface area contributed by atoms with E-state index in [1.165, 1.54) is 11.6 Å². The Labute approximate surface area is 106 Å². The number of anilines is 1. The molecule has 0 amide bonds. The number of halogens is 1. The first-order chi connectivity index (χ1) is 8.70. The Morgan fingerprint density at radius 3 is 2.50 bits per heavy atom. The highest BCUT2D eigenvalue weighted by atomic mass is 19.1. The van der Waals surface area contributed by atoms with Crippen molar-refractivity contribution in [1.82, 2.24) is 0 Å². The van der Waals surface area contributed by atoms with E-state index in [1.807, 2.05) is 37.3 Å². The molecule has 0 spiro atoms. The predicted molar refractivity (Wildman–Crippen MR) is 74.4 cm³/mol. The van der Waals surface area contributed by atoms with Crippen molar-refractivity contribution in [3.8, 4) is 0 Å². The first-order valence-corrected chi connectivity index (χ1v) is 5.77. The van der Waals surface area contributed by atoms with Crippen molar-refractivity contribution < 1.29 is 4.39 Å². The van der Waals surface area contributed by atoms with Crippen molar-refractivity contribution in [3.05, 3.63) is 59.4 Å². The summed E-state index contributed by atoms with van der Waals surface area (Å²) in [6.07, 6.45) is 1.67. The fourth-order valence-corrected chi connectivity index (χ4v) is 1.69. The van der Waals surface area contributed by atoms with Crippen LogP contribution in [0.3, 0.4) is 0 Å². The number of aryl methyl sites for hydroxylation is 1. The van der Waals surface area contributed by atoms with E-state index in [-0.39, 0.29) is 5.82 Å². The molecule has 0 radical (unpaired) electrons. The number of hydrogen-bond donors (Lipinski definition) is 1. The number of nitrogens with one attached hydrogen (secondary N) is 1. The van der Waals surface area contributed by atoms with Gasteiger partial charge < -0.3 is 5.32 Å². The molecule has 92 valence electrons. The van der Waals surface area contributed by atoms with Gasteiger partial charge in [-0.15, -0.1) is 0 Å². The molecule has 0 aliphatic carbocycles. The summed E-state index contributed by atoms with van der Waals surface area (Å²) >= 11 is 0. The number of hydrogen-bond acceptors (Lipinski definition) is 2. The molecule has 1 N–H and O–H groups in total. The first kappa shape index (κ1) is 12.3. The fraction of sp³-hybridized carbons (Fsp3) is 0.133. The topological polar surface area (TPSA) is 24.4 Å². The Morgan fingerprint density at radius 1 is 1.11 bits per heavy atom. The van der Waals surface area contributed by atoms with Gasteiger partial charge in [-0.25, -0.2) is 4.39 Å². The van der Waals surface area contributed by atoms with Gasteiger partial charge in [-0.05, 0) is 25.1 Å². The lowest BCUT2D eigenvalue weighted by Crippen LogP contribution is -1.97. The fourth-order valence-electron chi connectivity index (χ4n) is 1.69. The molecule has 0 fully saturated rings. The van der Waals surface area contributed by atoms with Gasteiger partial charge in [-0.2, -0.15) is 0 Å². The lowest BCUT2D eigenvalue weighted by molar-refractivity contribution is 0.631. The maximum absolute atomic E-state index is 13.5. The molecule has 0 heterocycles. The van der Waals surface area contributed by atoms with E-state index in [4.69, 9.17) is 0 Å². The third kappa shape index (κ3) is 2.74. The largest absolute Gasteiger partial charge is 0.385 e. The normalized spacial score (nSPS) is 10.8. The molecule has 0 aliphatic heterocycles. The SMILES string of the molecule is CNc1c(F)cccc1C=Nc1ccc(C)cc1. The standard InChI is InChI=1S/C15H15FN2/c1-11-6-8-13(9-7-11)18-10-12-4-3-5-14(16)15(12)17-2/h3-10,17H,1-2H3. The maximum Gasteiger partial charge on any atom is 0.146 e. The van der Waals surface area contributed by atoms with Gasteiger partial charge in [-0.3, -0.25) is 4.99 Å². The highest BCUT2D eigenvalue weighted by molar-refractivity contribution is 5.89. The minimum absolute atomic E-state index is 0.273. The minimum atomic E-state index is -0.273. The van der Waals surface area contributed by atoms with Gasteiger partial charge in [0.1, 0.15) is 5.82 Å². The lowest BCUT2D eigenvalue weighted by atomic mass is 10.2. The van der Waals surface area contributed by atoms with Gasteiger partial charge in [0.15, 0.2) is 0 Å². The van der Waals surface area contributed by atoms with Gasteiger partial charge in [-0.1, -0.05) is 29.8 Å². The van der Waals surface area contributed by atoms with Crippen molar-refractivity contribution in [3.63, 3.8) is 0 Å². The van der Waals surface area contributed by atoms with E-state index >= 15 is 0 Å². The van der Waals surface area contributed by atoms with Gasteiger partial charge in [0.2, 0.25) is 0 Å². The number of benzene rings is 2. The van der Waals surface area contributed by atoms with E-state index in [1.54, 1.807) is 19.3 Å². The second-order valence-electron chi connectivity index (χ2n) is 4.05.